The number of aromatic carboxylic acids is 2. The minimum absolute atomic E-state index is 0.0833. The fourth-order valence-electron chi connectivity index (χ4n) is 0.755. The maximum atomic E-state index is 10.3. The number of carbonyl (C=O) groups excluding carboxylic acids is 1. The van der Waals surface area contributed by atoms with Crippen LogP contribution in [0.2, 0.25) is 0 Å². The van der Waals surface area contributed by atoms with E-state index < -0.39 is 11.9 Å². The Morgan fingerprint density at radius 1 is 1.00 bits per heavy atom. The molecule has 15 heavy (non-hydrogen) atoms. The lowest BCUT2D eigenvalue weighted by Crippen LogP contribution is -1.99. The van der Waals surface area contributed by atoms with E-state index in [-0.39, 0.29) is 11.1 Å². The molecule has 78 valence electrons. The van der Waals surface area contributed by atoms with E-state index in [9.17, 15) is 9.59 Å². The molecule has 0 unspecified atom stereocenters. The smallest absolute Gasteiger partial charge is 0.335 e. The summed E-state index contributed by atoms with van der Waals surface area (Å²) in [6, 6.07) is 5.02. The standard InChI is InChI=1S/C8H6O4.C2H2O/c9-7(10)5-1-2-6(4-3-5)8(11)12;1-2-3/h1-4H,(H,9,10)(H,11,12);1H2. The van der Waals surface area contributed by atoms with Crippen LogP contribution in [-0.4, -0.2) is 28.1 Å². The molecule has 0 bridgehead atoms. The second kappa shape index (κ2) is 6.12. The van der Waals surface area contributed by atoms with E-state index in [1.807, 2.05) is 0 Å². The highest BCUT2D eigenvalue weighted by Crippen LogP contribution is 2.03. The van der Waals surface area contributed by atoms with Crippen LogP contribution in [0.15, 0.2) is 30.8 Å². The van der Waals surface area contributed by atoms with Crippen LogP contribution in [0.4, 0.5) is 0 Å². The van der Waals surface area contributed by atoms with Gasteiger partial charge in [-0.3, -0.25) is 0 Å². The zero-order valence-electron chi connectivity index (χ0n) is 7.64. The van der Waals surface area contributed by atoms with Gasteiger partial charge in [-0.2, -0.15) is 0 Å². The van der Waals surface area contributed by atoms with Crippen molar-refractivity contribution in [2.45, 2.75) is 0 Å². The van der Waals surface area contributed by atoms with Crippen molar-refractivity contribution in [3.8, 4) is 0 Å². The summed E-state index contributed by atoms with van der Waals surface area (Å²) in [6.07, 6.45) is 0. The van der Waals surface area contributed by atoms with E-state index in [0.29, 0.717) is 0 Å². The van der Waals surface area contributed by atoms with Crippen molar-refractivity contribution >= 4 is 17.9 Å². The molecule has 0 atom stereocenters. The first-order valence-electron chi connectivity index (χ1n) is 3.73. The van der Waals surface area contributed by atoms with Crippen LogP contribution in [0.25, 0.3) is 0 Å². The minimum Gasteiger partial charge on any atom is -0.478 e. The van der Waals surface area contributed by atoms with E-state index in [4.69, 9.17) is 15.0 Å². The Morgan fingerprint density at radius 2 is 1.20 bits per heavy atom. The molecule has 0 spiro atoms. The van der Waals surface area contributed by atoms with E-state index in [2.05, 4.69) is 6.58 Å². The normalized spacial score (nSPS) is 8.00. The summed E-state index contributed by atoms with van der Waals surface area (Å²) >= 11 is 0. The Kier molecular flexibility index (Phi) is 5.15. The Bertz CT molecular complexity index is 352. The van der Waals surface area contributed by atoms with Crippen LogP contribution in [-0.2, 0) is 4.79 Å². The third-order valence-electron chi connectivity index (χ3n) is 1.38. The third-order valence-corrected chi connectivity index (χ3v) is 1.38. The number of hydrogen-bond acceptors (Lipinski definition) is 3. The molecule has 1 rings (SSSR count). The van der Waals surface area contributed by atoms with Gasteiger partial charge in [0.25, 0.3) is 0 Å². The van der Waals surface area contributed by atoms with E-state index in [1.54, 1.807) is 0 Å². The zero-order chi connectivity index (χ0) is 11.8. The highest BCUT2D eigenvalue weighted by Gasteiger charge is 2.04. The lowest BCUT2D eigenvalue weighted by molar-refractivity contribution is 0.0681. The van der Waals surface area contributed by atoms with Gasteiger partial charge in [0.05, 0.1) is 11.1 Å². The Morgan fingerprint density at radius 3 is 1.33 bits per heavy atom. The molecule has 0 saturated carbocycles. The van der Waals surface area contributed by atoms with Crippen molar-refractivity contribution < 1.29 is 24.6 Å². The van der Waals surface area contributed by atoms with Crippen LogP contribution < -0.4 is 0 Å². The van der Waals surface area contributed by atoms with Crippen molar-refractivity contribution in [1.82, 2.24) is 0 Å². The number of hydrogen-bond donors (Lipinski definition) is 2. The van der Waals surface area contributed by atoms with Gasteiger partial charge < -0.3 is 10.2 Å². The fraction of sp³-hybridized carbons (Fsp3) is 0. The van der Waals surface area contributed by atoms with Gasteiger partial charge in [0.1, 0.15) is 5.94 Å². The predicted octanol–water partition coefficient (Wildman–Crippen LogP) is 1.09. The third kappa shape index (κ3) is 4.40. The number of carbonyl (C=O) groups is 2. The number of carboxylic acid groups (broad SMARTS) is 2. The van der Waals surface area contributed by atoms with Crippen molar-refractivity contribution in [2.24, 2.45) is 0 Å². The summed E-state index contributed by atoms with van der Waals surface area (Å²) in [5.74, 6) is -0.876. The largest absolute Gasteiger partial charge is 0.478 e. The van der Waals surface area contributed by atoms with Crippen molar-refractivity contribution in [1.29, 1.82) is 0 Å². The first kappa shape index (κ1) is 12.6. The summed E-state index contributed by atoms with van der Waals surface area (Å²) < 4.78 is 0. The average molecular weight is 208 g/mol. The molecule has 5 heteroatoms. The molecule has 0 heterocycles. The van der Waals surface area contributed by atoms with Gasteiger partial charge in [0, 0.05) is 0 Å². The van der Waals surface area contributed by atoms with Gasteiger partial charge in [-0.1, -0.05) is 0 Å². The van der Waals surface area contributed by atoms with Crippen LogP contribution >= 0.6 is 0 Å². The molecule has 0 aliphatic carbocycles. The molecule has 0 aromatic heterocycles. The van der Waals surface area contributed by atoms with Gasteiger partial charge in [-0.05, 0) is 30.8 Å². The Balaban J connectivity index is 0.000000583. The first-order valence-corrected chi connectivity index (χ1v) is 3.73. The van der Waals surface area contributed by atoms with Gasteiger partial charge in [0.2, 0.25) is 0 Å². The SMILES string of the molecule is C=C=O.O=C(O)c1ccc(C(=O)O)cc1. The lowest BCUT2D eigenvalue weighted by atomic mass is 10.1. The van der Waals surface area contributed by atoms with Crippen LogP contribution in [0, 0.1) is 0 Å². The fourth-order valence-corrected chi connectivity index (χ4v) is 0.755. The molecular weight excluding hydrogens is 200 g/mol. The van der Waals surface area contributed by atoms with Gasteiger partial charge >= 0.3 is 11.9 Å². The number of benzene rings is 1. The van der Waals surface area contributed by atoms with Crippen molar-refractivity contribution in [2.75, 3.05) is 0 Å². The quantitative estimate of drug-likeness (QED) is 0.709. The molecule has 2 N–H and O–H groups in total. The van der Waals surface area contributed by atoms with Crippen LogP contribution in [0.5, 0.6) is 0 Å². The second-order valence-electron chi connectivity index (χ2n) is 2.33. The second-order valence-corrected chi connectivity index (χ2v) is 2.33. The lowest BCUT2D eigenvalue weighted by Gasteiger charge is -1.94. The highest BCUT2D eigenvalue weighted by molar-refractivity contribution is 5.91. The molecule has 0 aliphatic heterocycles. The Hall–Kier alpha value is -2.39. The monoisotopic (exact) mass is 208 g/mol. The predicted molar refractivity (Wildman–Crippen MR) is 51.7 cm³/mol. The van der Waals surface area contributed by atoms with E-state index in [0.717, 1.165) is 0 Å². The molecule has 0 fully saturated rings. The summed E-state index contributed by atoms with van der Waals surface area (Å²) in [5.41, 5.74) is 0.167. The summed E-state index contributed by atoms with van der Waals surface area (Å²) in [4.78, 5) is 29.2. The maximum absolute atomic E-state index is 10.3. The molecule has 0 amide bonds. The highest BCUT2D eigenvalue weighted by atomic mass is 16.4. The minimum atomic E-state index is -1.06. The number of rotatable bonds is 2. The van der Waals surface area contributed by atoms with Gasteiger partial charge in [-0.15, -0.1) is 0 Å². The summed E-state index contributed by atoms with van der Waals surface area (Å²) in [7, 11) is 0. The molecule has 1 aromatic carbocycles. The van der Waals surface area contributed by atoms with Crippen LogP contribution in [0.1, 0.15) is 20.7 Å². The maximum Gasteiger partial charge on any atom is 0.335 e. The van der Waals surface area contributed by atoms with Gasteiger partial charge in [0.15, 0.2) is 0 Å². The van der Waals surface area contributed by atoms with E-state index >= 15 is 0 Å². The van der Waals surface area contributed by atoms with Crippen molar-refractivity contribution in [3.63, 3.8) is 0 Å². The molecule has 5 nitrogen and oxygen atoms in total. The zero-order valence-corrected chi connectivity index (χ0v) is 7.64. The summed E-state index contributed by atoms with van der Waals surface area (Å²) in [5, 5.41) is 16.9. The first-order chi connectivity index (χ1) is 7.02. The van der Waals surface area contributed by atoms with Crippen molar-refractivity contribution in [3.05, 3.63) is 42.0 Å². The summed E-state index contributed by atoms with van der Waals surface area (Å²) in [6.45, 7) is 2.68. The molecular formula is C10H8O5. The van der Waals surface area contributed by atoms with E-state index in [1.165, 1.54) is 30.2 Å². The van der Waals surface area contributed by atoms with Gasteiger partial charge in [-0.25, -0.2) is 14.4 Å². The molecule has 0 saturated heterocycles. The topological polar surface area (TPSA) is 91.7 Å². The molecule has 0 radical (unpaired) electrons. The molecule has 0 aliphatic rings. The average Bonchev–Trinajstić information content (AvgIpc) is 2.19. The van der Waals surface area contributed by atoms with Crippen LogP contribution in [0.3, 0.4) is 0 Å². The molecule has 1 aromatic rings. The number of carboxylic acids is 2. The Labute approximate surface area is 85.3 Å².